The van der Waals surface area contributed by atoms with E-state index in [9.17, 15) is 18.0 Å². The normalized spacial score (nSPS) is 16.2. The van der Waals surface area contributed by atoms with Gasteiger partial charge in [0, 0.05) is 13.7 Å². The summed E-state index contributed by atoms with van der Waals surface area (Å²) in [6.45, 7) is 6.56. The summed E-state index contributed by atoms with van der Waals surface area (Å²) in [4.78, 5) is 12.0. The minimum Gasteiger partial charge on any atom is -0.494 e. The number of nitrogens with one attached hydrogen (secondary N) is 2. The Balaban J connectivity index is 0.000000617. The van der Waals surface area contributed by atoms with Crippen molar-refractivity contribution in [2.24, 2.45) is 0 Å². The number of carbonyl (C=O) groups is 1. The second-order valence-corrected chi connectivity index (χ2v) is 6.60. The predicted molar refractivity (Wildman–Crippen MR) is 124 cm³/mol. The van der Waals surface area contributed by atoms with Crippen LogP contribution in [0.2, 0.25) is 0 Å². The molecule has 3 rings (SSSR count). The molecule has 3 N–H and O–H groups in total. The average molecular weight is 473 g/mol. The number of anilines is 1. The first-order valence-corrected chi connectivity index (χ1v) is 10.7. The van der Waals surface area contributed by atoms with Gasteiger partial charge in [-0.2, -0.15) is 4.39 Å². The van der Waals surface area contributed by atoms with E-state index in [1.165, 1.54) is 25.3 Å². The lowest BCUT2D eigenvalue weighted by Crippen LogP contribution is -2.28. The lowest BCUT2D eigenvalue weighted by molar-refractivity contribution is -0.126. The van der Waals surface area contributed by atoms with Crippen LogP contribution in [0.25, 0.3) is 0 Å². The summed E-state index contributed by atoms with van der Waals surface area (Å²) in [5.41, 5.74) is 1.13. The van der Waals surface area contributed by atoms with E-state index in [-0.39, 0.29) is 23.4 Å². The quantitative estimate of drug-likeness (QED) is 0.590. The Bertz CT molecular complexity index is 837. The topological polar surface area (TPSA) is 79.8 Å². The van der Waals surface area contributed by atoms with Crippen LogP contribution in [0.15, 0.2) is 36.4 Å². The van der Waals surface area contributed by atoms with Crippen LogP contribution < -0.4 is 15.4 Å². The van der Waals surface area contributed by atoms with E-state index >= 15 is 0 Å². The lowest BCUT2D eigenvalue weighted by Gasteiger charge is -2.13. The molecule has 6 nitrogen and oxygen atoms in total. The number of methoxy groups -OCH3 is 1. The summed E-state index contributed by atoms with van der Waals surface area (Å²) in [5.74, 6) is -2.60. The van der Waals surface area contributed by atoms with E-state index in [0.29, 0.717) is 13.0 Å². The van der Waals surface area contributed by atoms with Crippen molar-refractivity contribution in [3.8, 4) is 5.75 Å². The second-order valence-electron chi connectivity index (χ2n) is 6.60. The van der Waals surface area contributed by atoms with Gasteiger partial charge in [-0.25, -0.2) is 8.78 Å². The smallest absolute Gasteiger partial charge is 0.253 e. The van der Waals surface area contributed by atoms with E-state index < -0.39 is 23.6 Å². The van der Waals surface area contributed by atoms with E-state index in [2.05, 4.69) is 15.4 Å². The number of amides is 1. The summed E-state index contributed by atoms with van der Waals surface area (Å²) >= 11 is 0. The van der Waals surface area contributed by atoms with Crippen molar-refractivity contribution in [2.45, 2.75) is 52.4 Å². The van der Waals surface area contributed by atoms with Gasteiger partial charge in [-0.1, -0.05) is 26.0 Å². The van der Waals surface area contributed by atoms with Gasteiger partial charge in [0.15, 0.2) is 11.6 Å². The van der Waals surface area contributed by atoms with Gasteiger partial charge in [0.2, 0.25) is 5.82 Å². The molecule has 1 fully saturated rings. The van der Waals surface area contributed by atoms with Crippen LogP contribution >= 0.6 is 0 Å². The zero-order chi connectivity index (χ0) is 25.4. The van der Waals surface area contributed by atoms with E-state index in [1.807, 2.05) is 27.8 Å². The first-order chi connectivity index (χ1) is 15.8. The summed E-state index contributed by atoms with van der Waals surface area (Å²) < 4.78 is 48.4. The number of carbonyl (C=O) groups excluding carboxylic acids is 1. The minimum atomic E-state index is -0.940. The van der Waals surface area contributed by atoms with E-state index in [0.717, 1.165) is 25.2 Å². The molecule has 2 atom stereocenters. The molecule has 1 amide bonds. The number of aliphatic hydroxyl groups is 1. The van der Waals surface area contributed by atoms with Crippen LogP contribution in [0.1, 0.15) is 39.2 Å². The van der Waals surface area contributed by atoms with Gasteiger partial charge in [0.05, 0.1) is 18.9 Å². The van der Waals surface area contributed by atoms with Gasteiger partial charge in [0.25, 0.3) is 5.91 Å². The third-order valence-corrected chi connectivity index (χ3v) is 4.33. The maximum absolute atomic E-state index is 13.7. The molecule has 0 aliphatic carbocycles. The average Bonchev–Trinajstić information content (AvgIpc) is 3.27. The molecule has 2 aromatic rings. The number of hydrogen-bond donors (Lipinski definition) is 3. The number of rotatable bonds is 5. The highest BCUT2D eigenvalue weighted by Gasteiger charge is 2.28. The zero-order valence-electron chi connectivity index (χ0n) is 20.0. The Labute approximate surface area is 194 Å². The zero-order valence-corrected chi connectivity index (χ0v) is 20.0. The van der Waals surface area contributed by atoms with Crippen LogP contribution in [0.4, 0.5) is 18.9 Å². The molecule has 9 heteroatoms. The Kier molecular flexibility index (Phi) is 15.6. The largest absolute Gasteiger partial charge is 0.494 e. The molecule has 0 aromatic heterocycles. The highest BCUT2D eigenvalue weighted by atomic mass is 19.2. The number of benzene rings is 2. The van der Waals surface area contributed by atoms with Gasteiger partial charge in [-0.3, -0.25) is 4.79 Å². The van der Waals surface area contributed by atoms with Gasteiger partial charge in [-0.05, 0) is 56.6 Å². The summed E-state index contributed by atoms with van der Waals surface area (Å²) in [5, 5.41) is 12.6. The van der Waals surface area contributed by atoms with E-state index in [1.54, 1.807) is 12.1 Å². The van der Waals surface area contributed by atoms with Crippen molar-refractivity contribution in [3.05, 3.63) is 59.4 Å². The third-order valence-electron chi connectivity index (χ3n) is 4.33. The molecule has 0 radical (unpaired) electrons. The highest BCUT2D eigenvalue weighted by Crippen LogP contribution is 2.22. The molecule has 1 heterocycles. The Morgan fingerprint density at radius 1 is 1.12 bits per heavy atom. The lowest BCUT2D eigenvalue weighted by atomic mass is 10.1. The molecule has 1 aliphatic rings. The maximum atomic E-state index is 13.7. The molecule has 0 saturated carbocycles. The van der Waals surface area contributed by atoms with Crippen molar-refractivity contribution in [2.75, 3.05) is 26.6 Å². The molecular formula is C24H35F3N2O4. The molecule has 2 unspecified atom stereocenters. The van der Waals surface area contributed by atoms with Crippen LogP contribution in [-0.4, -0.2) is 44.5 Å². The minimum absolute atomic E-state index is 0.0694. The molecule has 33 heavy (non-hydrogen) atoms. The van der Waals surface area contributed by atoms with Crippen LogP contribution in [0, 0.1) is 17.5 Å². The Morgan fingerprint density at radius 2 is 1.79 bits per heavy atom. The summed E-state index contributed by atoms with van der Waals surface area (Å²) in [6, 6.07) is 8.48. The second kappa shape index (κ2) is 16.9. The highest BCUT2D eigenvalue weighted by molar-refractivity contribution is 5.94. The number of aliphatic hydroxyl groups excluding tert-OH is 1. The molecule has 2 aromatic carbocycles. The number of hydrogen-bond acceptors (Lipinski definition) is 5. The SMILES string of the molecule is CC.CNCc1ccc(F)c(NC(=O)C2CCC(C)O2)c1.CO.COc1cccc(F)c1F. The molecule has 186 valence electrons. The van der Waals surface area contributed by atoms with Crippen LogP contribution in [0.5, 0.6) is 5.75 Å². The van der Waals surface area contributed by atoms with Crippen LogP contribution in [-0.2, 0) is 16.1 Å². The molecule has 0 spiro atoms. The van der Waals surface area contributed by atoms with Crippen molar-refractivity contribution in [1.29, 1.82) is 0 Å². The molecule has 1 saturated heterocycles. The fraction of sp³-hybridized carbons (Fsp3) is 0.458. The fourth-order valence-corrected chi connectivity index (χ4v) is 2.83. The van der Waals surface area contributed by atoms with Gasteiger partial charge < -0.3 is 25.2 Å². The van der Waals surface area contributed by atoms with Crippen molar-refractivity contribution in [3.63, 3.8) is 0 Å². The fourth-order valence-electron chi connectivity index (χ4n) is 2.83. The first-order valence-electron chi connectivity index (χ1n) is 10.7. The standard InChI is InChI=1S/C14H19FN2O2.C7H6F2O.C2H6.CH4O/c1-9-3-6-13(19-9)14(18)17-12-7-10(8-16-2)4-5-11(12)15;1-10-6-4-2-3-5(8)7(6)9;2*1-2/h4-5,7,9,13,16H,3,6,8H2,1-2H3,(H,17,18);2-4H,1H3;1-2H3;2H,1H3. The van der Waals surface area contributed by atoms with Crippen molar-refractivity contribution >= 4 is 11.6 Å². The van der Waals surface area contributed by atoms with Gasteiger partial charge >= 0.3 is 0 Å². The van der Waals surface area contributed by atoms with Gasteiger partial charge in [0.1, 0.15) is 11.9 Å². The molecule has 1 aliphatic heterocycles. The molecular weight excluding hydrogens is 437 g/mol. The predicted octanol–water partition coefficient (Wildman–Crippen LogP) is 4.66. The number of halogens is 3. The van der Waals surface area contributed by atoms with E-state index in [4.69, 9.17) is 9.84 Å². The Hall–Kier alpha value is -2.62. The number of ether oxygens (including phenoxy) is 2. The van der Waals surface area contributed by atoms with Crippen LogP contribution in [0.3, 0.4) is 0 Å². The Morgan fingerprint density at radius 3 is 2.30 bits per heavy atom. The van der Waals surface area contributed by atoms with Crippen molar-refractivity contribution in [1.82, 2.24) is 5.32 Å². The summed E-state index contributed by atoms with van der Waals surface area (Å²) in [7, 11) is 4.10. The maximum Gasteiger partial charge on any atom is 0.253 e. The molecule has 0 bridgehead atoms. The first kappa shape index (κ1) is 30.4. The third kappa shape index (κ3) is 10.2. The van der Waals surface area contributed by atoms with Gasteiger partial charge in [-0.15, -0.1) is 0 Å². The monoisotopic (exact) mass is 472 g/mol. The van der Waals surface area contributed by atoms with Crippen molar-refractivity contribution < 1.29 is 32.5 Å². The summed E-state index contributed by atoms with van der Waals surface area (Å²) in [6.07, 6.45) is 1.17.